The number of hydrogen-bond acceptors (Lipinski definition) is 5. The van der Waals surface area contributed by atoms with E-state index in [4.69, 9.17) is 4.74 Å². The standard InChI is InChI=1S/C18H24N2O3S/c1-12(2)7-15(9-21)20-18(22)14-5-4-6-17(8-14)23-10-16-11-24-13(3)19-16/h4-6,8,11-12,15,21H,7,9-10H2,1-3H3,(H,20,22). The van der Waals surface area contributed by atoms with E-state index in [9.17, 15) is 9.90 Å². The Kier molecular flexibility index (Phi) is 6.75. The van der Waals surface area contributed by atoms with E-state index < -0.39 is 0 Å². The number of nitrogens with zero attached hydrogens (tertiary/aromatic N) is 1. The number of aromatic nitrogens is 1. The van der Waals surface area contributed by atoms with Gasteiger partial charge in [-0.15, -0.1) is 11.3 Å². The van der Waals surface area contributed by atoms with E-state index in [1.807, 2.05) is 18.4 Å². The summed E-state index contributed by atoms with van der Waals surface area (Å²) in [5.74, 6) is 0.820. The first-order chi connectivity index (χ1) is 11.5. The molecular weight excluding hydrogens is 324 g/mol. The first kappa shape index (κ1) is 18.4. The third-order valence-electron chi connectivity index (χ3n) is 3.46. The predicted molar refractivity (Wildman–Crippen MR) is 95.4 cm³/mol. The number of hydrogen-bond donors (Lipinski definition) is 2. The minimum Gasteiger partial charge on any atom is -0.487 e. The molecule has 0 bridgehead atoms. The number of rotatable bonds is 8. The third kappa shape index (κ3) is 5.62. The Labute approximate surface area is 146 Å². The summed E-state index contributed by atoms with van der Waals surface area (Å²) in [7, 11) is 0. The van der Waals surface area contributed by atoms with Gasteiger partial charge in [0.1, 0.15) is 12.4 Å². The number of carbonyl (C=O) groups excluding carboxylic acids is 1. The number of amides is 1. The van der Waals surface area contributed by atoms with Crippen molar-refractivity contribution in [2.75, 3.05) is 6.61 Å². The van der Waals surface area contributed by atoms with E-state index in [0.29, 0.717) is 23.8 Å². The molecule has 1 atom stereocenters. The smallest absolute Gasteiger partial charge is 0.251 e. The predicted octanol–water partition coefficient (Wildman–Crippen LogP) is 3.17. The van der Waals surface area contributed by atoms with Crippen molar-refractivity contribution in [1.82, 2.24) is 10.3 Å². The summed E-state index contributed by atoms with van der Waals surface area (Å²) in [5.41, 5.74) is 1.40. The molecular formula is C18H24N2O3S. The minimum atomic E-state index is -0.236. The molecule has 0 saturated heterocycles. The van der Waals surface area contributed by atoms with Gasteiger partial charge in [-0.25, -0.2) is 4.98 Å². The maximum atomic E-state index is 12.3. The van der Waals surface area contributed by atoms with Gasteiger partial charge in [-0.3, -0.25) is 4.79 Å². The van der Waals surface area contributed by atoms with Crippen molar-refractivity contribution in [1.29, 1.82) is 0 Å². The Bertz CT molecular complexity index is 670. The van der Waals surface area contributed by atoms with Crippen molar-refractivity contribution < 1.29 is 14.6 Å². The van der Waals surface area contributed by atoms with Gasteiger partial charge in [0, 0.05) is 10.9 Å². The summed E-state index contributed by atoms with van der Waals surface area (Å²) in [6, 6.07) is 6.80. The number of carbonyl (C=O) groups is 1. The lowest BCUT2D eigenvalue weighted by atomic mass is 10.0. The Morgan fingerprint density at radius 1 is 1.42 bits per heavy atom. The number of nitrogens with one attached hydrogen (secondary N) is 1. The molecule has 24 heavy (non-hydrogen) atoms. The van der Waals surface area contributed by atoms with Crippen molar-refractivity contribution in [3.05, 3.63) is 45.9 Å². The van der Waals surface area contributed by atoms with Crippen LogP contribution < -0.4 is 10.1 Å². The van der Waals surface area contributed by atoms with E-state index in [1.165, 1.54) is 0 Å². The number of ether oxygens (including phenoxy) is 1. The Morgan fingerprint density at radius 2 is 2.21 bits per heavy atom. The van der Waals surface area contributed by atoms with Crippen LogP contribution in [0.5, 0.6) is 5.75 Å². The first-order valence-electron chi connectivity index (χ1n) is 8.03. The average Bonchev–Trinajstić information content (AvgIpc) is 2.97. The molecule has 0 radical (unpaired) electrons. The molecule has 0 aliphatic heterocycles. The van der Waals surface area contributed by atoms with Crippen molar-refractivity contribution in [2.45, 2.75) is 39.8 Å². The molecule has 0 fully saturated rings. The zero-order valence-corrected chi connectivity index (χ0v) is 15.1. The van der Waals surface area contributed by atoms with Crippen LogP contribution in [0.15, 0.2) is 29.6 Å². The molecule has 1 unspecified atom stereocenters. The van der Waals surface area contributed by atoms with Gasteiger partial charge in [-0.1, -0.05) is 19.9 Å². The minimum absolute atomic E-state index is 0.0662. The van der Waals surface area contributed by atoms with Crippen LogP contribution in [0.3, 0.4) is 0 Å². The molecule has 2 aromatic rings. The number of aliphatic hydroxyl groups is 1. The van der Waals surface area contributed by atoms with Gasteiger partial charge >= 0.3 is 0 Å². The fraction of sp³-hybridized carbons (Fsp3) is 0.444. The van der Waals surface area contributed by atoms with Gasteiger partial charge in [0.25, 0.3) is 5.91 Å². The Hall–Kier alpha value is -1.92. The van der Waals surface area contributed by atoms with Gasteiger partial charge in [0.05, 0.1) is 23.4 Å². The highest BCUT2D eigenvalue weighted by Crippen LogP contribution is 2.17. The highest BCUT2D eigenvalue weighted by molar-refractivity contribution is 7.09. The second kappa shape index (κ2) is 8.80. The number of aliphatic hydroxyl groups excluding tert-OH is 1. The van der Waals surface area contributed by atoms with Crippen LogP contribution in [0, 0.1) is 12.8 Å². The van der Waals surface area contributed by atoms with E-state index in [2.05, 4.69) is 24.1 Å². The summed E-state index contributed by atoms with van der Waals surface area (Å²) in [4.78, 5) is 16.7. The monoisotopic (exact) mass is 348 g/mol. The summed E-state index contributed by atoms with van der Waals surface area (Å²) in [6.45, 7) is 6.38. The fourth-order valence-corrected chi connectivity index (χ4v) is 2.97. The zero-order chi connectivity index (χ0) is 17.5. The lowest BCUT2D eigenvalue weighted by Crippen LogP contribution is -2.38. The Balaban J connectivity index is 1.96. The van der Waals surface area contributed by atoms with Crippen molar-refractivity contribution in [3.63, 3.8) is 0 Å². The van der Waals surface area contributed by atoms with E-state index in [-0.39, 0.29) is 18.6 Å². The van der Waals surface area contributed by atoms with Gasteiger partial charge in [0.2, 0.25) is 0 Å². The van der Waals surface area contributed by atoms with Crippen LogP contribution in [-0.4, -0.2) is 28.6 Å². The topological polar surface area (TPSA) is 71.5 Å². The summed E-state index contributed by atoms with van der Waals surface area (Å²) >= 11 is 1.58. The number of benzene rings is 1. The summed E-state index contributed by atoms with van der Waals surface area (Å²) in [6.07, 6.45) is 0.738. The van der Waals surface area contributed by atoms with Gasteiger partial charge < -0.3 is 15.2 Å². The molecule has 1 aromatic carbocycles. The van der Waals surface area contributed by atoms with E-state index >= 15 is 0 Å². The van der Waals surface area contributed by atoms with Crippen LogP contribution in [-0.2, 0) is 6.61 Å². The van der Waals surface area contributed by atoms with E-state index in [1.54, 1.807) is 29.5 Å². The molecule has 1 amide bonds. The SMILES string of the molecule is Cc1nc(COc2cccc(C(=O)NC(CO)CC(C)C)c2)cs1. The molecule has 2 rings (SSSR count). The van der Waals surface area contributed by atoms with Gasteiger partial charge in [-0.2, -0.15) is 0 Å². The molecule has 1 heterocycles. The number of thiazole rings is 1. The van der Waals surface area contributed by atoms with Crippen LogP contribution in [0.25, 0.3) is 0 Å². The maximum Gasteiger partial charge on any atom is 0.251 e. The number of aryl methyl sites for hydroxylation is 1. The fourth-order valence-electron chi connectivity index (χ4n) is 2.38. The van der Waals surface area contributed by atoms with Crippen LogP contribution in [0.2, 0.25) is 0 Å². The van der Waals surface area contributed by atoms with Crippen molar-refractivity contribution in [2.24, 2.45) is 5.92 Å². The maximum absolute atomic E-state index is 12.3. The lowest BCUT2D eigenvalue weighted by molar-refractivity contribution is 0.0908. The summed E-state index contributed by atoms with van der Waals surface area (Å²) in [5, 5.41) is 15.2. The van der Waals surface area contributed by atoms with Crippen LogP contribution in [0.4, 0.5) is 0 Å². The van der Waals surface area contributed by atoms with Crippen LogP contribution >= 0.6 is 11.3 Å². The highest BCUT2D eigenvalue weighted by atomic mass is 32.1. The first-order valence-corrected chi connectivity index (χ1v) is 8.91. The molecule has 0 spiro atoms. The third-order valence-corrected chi connectivity index (χ3v) is 4.28. The largest absolute Gasteiger partial charge is 0.487 e. The zero-order valence-electron chi connectivity index (χ0n) is 14.3. The molecule has 0 saturated carbocycles. The normalized spacial score (nSPS) is 12.2. The molecule has 1 aromatic heterocycles. The quantitative estimate of drug-likeness (QED) is 0.769. The molecule has 6 heteroatoms. The van der Waals surface area contributed by atoms with Crippen LogP contribution in [0.1, 0.15) is 41.3 Å². The second-order valence-corrected chi connectivity index (χ2v) is 7.22. The molecule has 0 aliphatic carbocycles. The van der Waals surface area contributed by atoms with Crippen molar-refractivity contribution >= 4 is 17.2 Å². The molecule has 2 N–H and O–H groups in total. The second-order valence-electron chi connectivity index (χ2n) is 6.16. The van der Waals surface area contributed by atoms with Gasteiger partial charge in [0.15, 0.2) is 0 Å². The highest BCUT2D eigenvalue weighted by Gasteiger charge is 2.15. The lowest BCUT2D eigenvalue weighted by Gasteiger charge is -2.18. The average molecular weight is 348 g/mol. The van der Waals surface area contributed by atoms with Crippen molar-refractivity contribution in [3.8, 4) is 5.75 Å². The van der Waals surface area contributed by atoms with E-state index in [0.717, 1.165) is 17.1 Å². The summed E-state index contributed by atoms with van der Waals surface area (Å²) < 4.78 is 5.71. The van der Waals surface area contributed by atoms with Gasteiger partial charge in [-0.05, 0) is 37.5 Å². The molecule has 0 aliphatic rings. The Morgan fingerprint density at radius 3 is 2.83 bits per heavy atom. The molecule has 5 nitrogen and oxygen atoms in total. The molecule has 130 valence electrons.